The van der Waals surface area contributed by atoms with E-state index in [1.165, 1.54) is 38.6 Å². The van der Waals surface area contributed by atoms with Gasteiger partial charge in [-0.1, -0.05) is 32.6 Å². The van der Waals surface area contributed by atoms with Gasteiger partial charge in [0.25, 0.3) is 0 Å². The van der Waals surface area contributed by atoms with Crippen LogP contribution in [0.25, 0.3) is 0 Å². The van der Waals surface area contributed by atoms with Gasteiger partial charge in [-0.15, -0.1) is 0 Å². The molecule has 0 radical (unpaired) electrons. The summed E-state index contributed by atoms with van der Waals surface area (Å²) >= 11 is 0. The summed E-state index contributed by atoms with van der Waals surface area (Å²) < 4.78 is 0. The Bertz CT molecular complexity index is 91.0. The minimum atomic E-state index is 0.971. The van der Waals surface area contributed by atoms with Crippen molar-refractivity contribution in [3.63, 3.8) is 0 Å². The van der Waals surface area contributed by atoms with E-state index >= 15 is 0 Å². The lowest BCUT2D eigenvalue weighted by atomic mass is 9.74. The van der Waals surface area contributed by atoms with Crippen molar-refractivity contribution >= 4 is 0 Å². The van der Waals surface area contributed by atoms with Crippen molar-refractivity contribution in [3.05, 3.63) is 0 Å². The molecule has 0 aromatic rings. The summed E-state index contributed by atoms with van der Waals surface area (Å²) in [6.07, 6.45) is 7.24. The Labute approximate surface area is 70.6 Å². The quantitative estimate of drug-likeness (QED) is 0.643. The highest BCUT2D eigenvalue weighted by Crippen LogP contribution is 2.35. The first-order valence-corrected chi connectivity index (χ1v) is 5.03. The number of hydrogen-bond donors (Lipinski definition) is 1. The average molecular weight is 155 g/mol. The molecule has 0 bridgehead atoms. The lowest BCUT2D eigenvalue weighted by Crippen LogP contribution is -2.29. The highest BCUT2D eigenvalue weighted by molar-refractivity contribution is 4.78. The van der Waals surface area contributed by atoms with Crippen LogP contribution in [0.5, 0.6) is 0 Å². The van der Waals surface area contributed by atoms with Gasteiger partial charge in [-0.2, -0.15) is 0 Å². The molecule has 1 saturated carbocycles. The van der Waals surface area contributed by atoms with Crippen molar-refractivity contribution in [2.45, 2.75) is 39.0 Å². The van der Waals surface area contributed by atoms with Crippen LogP contribution < -0.4 is 5.32 Å². The topological polar surface area (TPSA) is 12.0 Å². The van der Waals surface area contributed by atoms with Crippen molar-refractivity contribution in [2.75, 3.05) is 13.6 Å². The van der Waals surface area contributed by atoms with Gasteiger partial charge in [0.2, 0.25) is 0 Å². The molecule has 1 nitrogen and oxygen atoms in total. The van der Waals surface area contributed by atoms with Crippen molar-refractivity contribution in [2.24, 2.45) is 11.8 Å². The van der Waals surface area contributed by atoms with Crippen LogP contribution in [0.3, 0.4) is 0 Å². The fourth-order valence-electron chi connectivity index (χ4n) is 2.05. The molecule has 0 aromatic carbocycles. The van der Waals surface area contributed by atoms with Crippen molar-refractivity contribution in [3.8, 4) is 0 Å². The monoisotopic (exact) mass is 155 g/mol. The maximum atomic E-state index is 3.30. The van der Waals surface area contributed by atoms with Crippen molar-refractivity contribution < 1.29 is 0 Å². The van der Waals surface area contributed by atoms with E-state index in [4.69, 9.17) is 0 Å². The molecule has 11 heavy (non-hydrogen) atoms. The molecule has 1 atom stereocenters. The Morgan fingerprint density at radius 3 is 2.55 bits per heavy atom. The van der Waals surface area contributed by atoms with E-state index in [9.17, 15) is 0 Å². The van der Waals surface area contributed by atoms with E-state index in [0.29, 0.717) is 0 Å². The largest absolute Gasteiger partial charge is 0.319 e. The Hall–Kier alpha value is -0.0400. The van der Waals surface area contributed by atoms with Crippen LogP contribution in [0.2, 0.25) is 0 Å². The van der Waals surface area contributed by atoms with Gasteiger partial charge < -0.3 is 5.32 Å². The molecular weight excluding hydrogens is 134 g/mol. The van der Waals surface area contributed by atoms with Crippen LogP contribution >= 0.6 is 0 Å². The summed E-state index contributed by atoms with van der Waals surface area (Å²) in [7, 11) is 2.07. The molecule has 1 rings (SSSR count). The van der Waals surface area contributed by atoms with E-state index < -0.39 is 0 Å². The summed E-state index contributed by atoms with van der Waals surface area (Å²) in [5, 5.41) is 3.30. The average Bonchev–Trinajstić information content (AvgIpc) is 1.85. The molecule has 0 amide bonds. The second-order valence-corrected chi connectivity index (χ2v) is 3.80. The SMILES string of the molecule is CCCC(CNC)C1CCC1. The van der Waals surface area contributed by atoms with Crippen molar-refractivity contribution in [1.29, 1.82) is 0 Å². The van der Waals surface area contributed by atoms with Gasteiger partial charge in [-0.3, -0.25) is 0 Å². The van der Waals surface area contributed by atoms with Gasteiger partial charge in [0.15, 0.2) is 0 Å². The third-order valence-electron chi connectivity index (χ3n) is 2.94. The van der Waals surface area contributed by atoms with Gasteiger partial charge in [0.05, 0.1) is 0 Å². The first-order valence-electron chi connectivity index (χ1n) is 5.03. The van der Waals surface area contributed by atoms with Crippen LogP contribution in [0.15, 0.2) is 0 Å². The molecule has 1 fully saturated rings. The van der Waals surface area contributed by atoms with Gasteiger partial charge >= 0.3 is 0 Å². The van der Waals surface area contributed by atoms with Crippen molar-refractivity contribution in [1.82, 2.24) is 5.32 Å². The molecule has 0 aliphatic heterocycles. The zero-order valence-electron chi connectivity index (χ0n) is 7.90. The lowest BCUT2D eigenvalue weighted by Gasteiger charge is -2.33. The molecule has 0 saturated heterocycles. The normalized spacial score (nSPS) is 21.3. The molecule has 1 N–H and O–H groups in total. The van der Waals surface area contributed by atoms with Gasteiger partial charge in [-0.05, 0) is 31.8 Å². The fourth-order valence-corrected chi connectivity index (χ4v) is 2.05. The second-order valence-electron chi connectivity index (χ2n) is 3.80. The summed E-state index contributed by atoms with van der Waals surface area (Å²) in [5.74, 6) is 2.03. The third-order valence-corrected chi connectivity index (χ3v) is 2.94. The molecule has 0 spiro atoms. The predicted octanol–water partition coefficient (Wildman–Crippen LogP) is 2.42. The smallest absolute Gasteiger partial charge is 0.00209 e. The molecule has 1 aliphatic rings. The highest BCUT2D eigenvalue weighted by atomic mass is 14.8. The second kappa shape index (κ2) is 4.76. The number of rotatable bonds is 5. The van der Waals surface area contributed by atoms with Crippen LogP contribution in [-0.4, -0.2) is 13.6 Å². The van der Waals surface area contributed by atoms with Gasteiger partial charge in [-0.25, -0.2) is 0 Å². The van der Waals surface area contributed by atoms with E-state index in [1.54, 1.807) is 0 Å². The summed E-state index contributed by atoms with van der Waals surface area (Å²) in [5.41, 5.74) is 0. The van der Waals surface area contributed by atoms with E-state index in [2.05, 4.69) is 19.3 Å². The molecule has 0 aromatic heterocycles. The zero-order chi connectivity index (χ0) is 8.10. The fraction of sp³-hybridized carbons (Fsp3) is 1.00. The number of nitrogens with one attached hydrogen (secondary N) is 1. The Morgan fingerprint density at radius 1 is 1.45 bits per heavy atom. The Kier molecular flexibility index (Phi) is 3.92. The van der Waals surface area contributed by atoms with E-state index in [0.717, 1.165) is 11.8 Å². The minimum absolute atomic E-state index is 0.971. The highest BCUT2D eigenvalue weighted by Gasteiger charge is 2.25. The molecule has 1 aliphatic carbocycles. The third kappa shape index (κ3) is 2.48. The summed E-state index contributed by atoms with van der Waals surface area (Å²) in [6, 6.07) is 0. The standard InChI is InChI=1S/C10H21N/c1-3-5-10(8-11-2)9-6-4-7-9/h9-11H,3-8H2,1-2H3. The van der Waals surface area contributed by atoms with Crippen LogP contribution in [-0.2, 0) is 0 Å². The molecular formula is C10H21N. The van der Waals surface area contributed by atoms with Crippen LogP contribution in [0.4, 0.5) is 0 Å². The summed E-state index contributed by atoms with van der Waals surface area (Å²) in [6.45, 7) is 3.53. The van der Waals surface area contributed by atoms with Crippen LogP contribution in [0, 0.1) is 11.8 Å². The van der Waals surface area contributed by atoms with Crippen LogP contribution in [0.1, 0.15) is 39.0 Å². The zero-order valence-corrected chi connectivity index (χ0v) is 7.90. The van der Waals surface area contributed by atoms with Gasteiger partial charge in [0, 0.05) is 0 Å². The Balaban J connectivity index is 2.19. The predicted molar refractivity (Wildman–Crippen MR) is 49.7 cm³/mol. The van der Waals surface area contributed by atoms with E-state index in [1.807, 2.05) is 0 Å². The minimum Gasteiger partial charge on any atom is -0.319 e. The lowest BCUT2D eigenvalue weighted by molar-refractivity contribution is 0.192. The first kappa shape index (κ1) is 9.05. The molecule has 1 heteroatoms. The Morgan fingerprint density at radius 2 is 2.18 bits per heavy atom. The molecule has 66 valence electrons. The molecule has 0 heterocycles. The first-order chi connectivity index (χ1) is 5.38. The van der Waals surface area contributed by atoms with Gasteiger partial charge in [0.1, 0.15) is 0 Å². The molecule has 1 unspecified atom stereocenters. The number of hydrogen-bond acceptors (Lipinski definition) is 1. The van der Waals surface area contributed by atoms with E-state index in [-0.39, 0.29) is 0 Å². The maximum absolute atomic E-state index is 3.30. The maximum Gasteiger partial charge on any atom is -0.00209 e. The summed E-state index contributed by atoms with van der Waals surface area (Å²) in [4.78, 5) is 0.